The summed E-state index contributed by atoms with van der Waals surface area (Å²) in [4.78, 5) is 10.4. The Balaban J connectivity index is 3.57. The molecule has 0 aliphatic heterocycles. The van der Waals surface area contributed by atoms with Crippen LogP contribution >= 0.6 is 0 Å². The molecule has 0 aliphatic rings. The number of aliphatic hydroxyl groups excluding tert-OH is 3. The molecule has 0 rings (SSSR count). The van der Waals surface area contributed by atoms with Gasteiger partial charge in [0.15, 0.2) is 5.78 Å². The Morgan fingerprint density at radius 3 is 2.30 bits per heavy atom. The summed E-state index contributed by atoms with van der Waals surface area (Å²) in [5.74, 6) is -0.464. The fourth-order valence-corrected chi connectivity index (χ4v) is 0.468. The minimum atomic E-state index is -1.06. The maximum atomic E-state index is 10.4. The average molecular weight is 148 g/mol. The second-order valence-electron chi connectivity index (χ2n) is 2.21. The van der Waals surface area contributed by atoms with Crippen LogP contribution in [-0.2, 0) is 4.79 Å². The lowest BCUT2D eigenvalue weighted by atomic mass is 10.1. The van der Waals surface area contributed by atoms with Crippen molar-refractivity contribution >= 4 is 5.78 Å². The van der Waals surface area contributed by atoms with Crippen LogP contribution in [0.1, 0.15) is 13.3 Å². The molecule has 0 bridgehead atoms. The van der Waals surface area contributed by atoms with Crippen molar-refractivity contribution in [3.63, 3.8) is 0 Å². The molecule has 0 unspecified atom stereocenters. The summed E-state index contributed by atoms with van der Waals surface area (Å²) >= 11 is 0. The van der Waals surface area contributed by atoms with Crippen LogP contribution in [0.3, 0.4) is 0 Å². The largest absolute Gasteiger partial charge is 0.391 e. The molecule has 0 spiro atoms. The summed E-state index contributed by atoms with van der Waals surface area (Å²) in [7, 11) is 0. The molecule has 0 aromatic carbocycles. The molecule has 0 aliphatic carbocycles. The molecule has 0 saturated carbocycles. The Morgan fingerprint density at radius 1 is 1.50 bits per heavy atom. The SMILES string of the molecule is C[C@@H](O)[C@@H](O)CC(=O)CO. The number of rotatable bonds is 4. The van der Waals surface area contributed by atoms with Gasteiger partial charge < -0.3 is 15.3 Å². The molecule has 0 heterocycles. The van der Waals surface area contributed by atoms with Crippen molar-refractivity contribution in [3.8, 4) is 0 Å². The highest BCUT2D eigenvalue weighted by Crippen LogP contribution is 1.97. The smallest absolute Gasteiger partial charge is 0.160 e. The standard InChI is InChI=1S/C6H12O4/c1-4(8)6(10)2-5(9)3-7/h4,6-8,10H,2-3H2,1H3/t4-,6+/m1/s1. The molecule has 0 radical (unpaired) electrons. The molecule has 0 saturated heterocycles. The van der Waals surface area contributed by atoms with E-state index in [2.05, 4.69) is 0 Å². The predicted molar refractivity (Wildman–Crippen MR) is 34.4 cm³/mol. The molecule has 0 fully saturated rings. The number of carbonyl (C=O) groups excluding carboxylic acids is 1. The van der Waals surface area contributed by atoms with Gasteiger partial charge in [-0.1, -0.05) is 0 Å². The van der Waals surface area contributed by atoms with Crippen LogP contribution in [0, 0.1) is 0 Å². The molecule has 60 valence electrons. The van der Waals surface area contributed by atoms with Crippen LogP contribution in [0.15, 0.2) is 0 Å². The van der Waals surface area contributed by atoms with Gasteiger partial charge in [0.2, 0.25) is 0 Å². The Bertz CT molecular complexity index is 110. The van der Waals surface area contributed by atoms with E-state index in [1.807, 2.05) is 0 Å². The molecule has 0 aromatic heterocycles. The van der Waals surface area contributed by atoms with E-state index >= 15 is 0 Å². The van der Waals surface area contributed by atoms with Gasteiger partial charge in [0.05, 0.1) is 12.2 Å². The van der Waals surface area contributed by atoms with Gasteiger partial charge in [-0.15, -0.1) is 0 Å². The lowest BCUT2D eigenvalue weighted by Crippen LogP contribution is -2.26. The van der Waals surface area contributed by atoms with Crippen molar-refractivity contribution in [2.24, 2.45) is 0 Å². The van der Waals surface area contributed by atoms with E-state index < -0.39 is 24.6 Å². The van der Waals surface area contributed by atoms with Gasteiger partial charge in [-0.25, -0.2) is 0 Å². The third kappa shape index (κ3) is 3.55. The first-order valence-electron chi connectivity index (χ1n) is 3.06. The van der Waals surface area contributed by atoms with E-state index in [-0.39, 0.29) is 6.42 Å². The highest BCUT2D eigenvalue weighted by Gasteiger charge is 2.14. The summed E-state index contributed by atoms with van der Waals surface area (Å²) in [5.41, 5.74) is 0. The van der Waals surface area contributed by atoms with Crippen molar-refractivity contribution in [2.75, 3.05) is 6.61 Å². The molecule has 0 amide bonds. The van der Waals surface area contributed by atoms with Crippen molar-refractivity contribution in [1.29, 1.82) is 0 Å². The molecule has 3 N–H and O–H groups in total. The van der Waals surface area contributed by atoms with E-state index in [1.165, 1.54) is 6.92 Å². The molecule has 2 atom stereocenters. The minimum absolute atomic E-state index is 0.186. The fourth-order valence-electron chi connectivity index (χ4n) is 0.468. The second kappa shape index (κ2) is 4.38. The average Bonchev–Trinajstić information content (AvgIpc) is 1.87. The van der Waals surface area contributed by atoms with E-state index in [4.69, 9.17) is 15.3 Å². The lowest BCUT2D eigenvalue weighted by molar-refractivity contribution is -0.125. The summed E-state index contributed by atoms with van der Waals surface area (Å²) in [6.07, 6.45) is -2.16. The number of ketones is 1. The van der Waals surface area contributed by atoms with Gasteiger partial charge in [0.1, 0.15) is 6.61 Å². The first-order chi connectivity index (χ1) is 4.57. The first-order valence-corrected chi connectivity index (χ1v) is 3.06. The van der Waals surface area contributed by atoms with E-state index in [0.717, 1.165) is 0 Å². The Hall–Kier alpha value is -0.450. The van der Waals surface area contributed by atoms with Crippen LogP contribution in [0.5, 0.6) is 0 Å². The van der Waals surface area contributed by atoms with Gasteiger partial charge in [-0.05, 0) is 6.92 Å². The lowest BCUT2D eigenvalue weighted by Gasteiger charge is -2.10. The summed E-state index contributed by atoms with van der Waals surface area (Å²) in [6, 6.07) is 0. The van der Waals surface area contributed by atoms with Crippen molar-refractivity contribution in [3.05, 3.63) is 0 Å². The van der Waals surface area contributed by atoms with Gasteiger partial charge >= 0.3 is 0 Å². The molecular formula is C6H12O4. The number of hydrogen-bond acceptors (Lipinski definition) is 4. The Morgan fingerprint density at radius 2 is 2.00 bits per heavy atom. The summed E-state index contributed by atoms with van der Waals surface area (Å²) < 4.78 is 0. The van der Waals surface area contributed by atoms with Crippen molar-refractivity contribution in [1.82, 2.24) is 0 Å². The van der Waals surface area contributed by atoms with E-state index in [9.17, 15) is 4.79 Å². The van der Waals surface area contributed by atoms with E-state index in [1.54, 1.807) is 0 Å². The molecule has 10 heavy (non-hydrogen) atoms. The summed E-state index contributed by atoms with van der Waals surface area (Å²) in [6.45, 7) is 0.805. The number of carbonyl (C=O) groups is 1. The number of Topliss-reactive ketones (excluding diaryl/α,β-unsaturated/α-hetero) is 1. The van der Waals surface area contributed by atoms with Crippen LogP contribution in [0.25, 0.3) is 0 Å². The Kier molecular flexibility index (Phi) is 4.18. The number of aliphatic hydroxyl groups is 3. The normalized spacial score (nSPS) is 16.4. The van der Waals surface area contributed by atoms with Crippen molar-refractivity contribution in [2.45, 2.75) is 25.6 Å². The maximum Gasteiger partial charge on any atom is 0.160 e. The molecule has 4 nitrogen and oxygen atoms in total. The first kappa shape index (κ1) is 9.55. The number of hydrogen-bond donors (Lipinski definition) is 3. The predicted octanol–water partition coefficient (Wildman–Crippen LogP) is -1.32. The van der Waals surface area contributed by atoms with Crippen LogP contribution < -0.4 is 0 Å². The monoisotopic (exact) mass is 148 g/mol. The third-order valence-electron chi connectivity index (χ3n) is 1.17. The van der Waals surface area contributed by atoms with Crippen LogP contribution in [0.4, 0.5) is 0 Å². The maximum absolute atomic E-state index is 10.4. The summed E-state index contributed by atoms with van der Waals surface area (Å²) in [5, 5.41) is 25.8. The van der Waals surface area contributed by atoms with Crippen LogP contribution in [0.2, 0.25) is 0 Å². The van der Waals surface area contributed by atoms with Gasteiger partial charge in [-0.2, -0.15) is 0 Å². The molecule has 0 aromatic rings. The zero-order chi connectivity index (χ0) is 8.15. The fraction of sp³-hybridized carbons (Fsp3) is 0.833. The van der Waals surface area contributed by atoms with Crippen molar-refractivity contribution < 1.29 is 20.1 Å². The second-order valence-corrected chi connectivity index (χ2v) is 2.21. The quantitative estimate of drug-likeness (QED) is 0.462. The topological polar surface area (TPSA) is 77.8 Å². The van der Waals surface area contributed by atoms with Crippen LogP contribution in [-0.4, -0.2) is 39.9 Å². The Labute approximate surface area is 59.1 Å². The molecular weight excluding hydrogens is 136 g/mol. The van der Waals surface area contributed by atoms with Gasteiger partial charge in [0, 0.05) is 6.42 Å². The highest BCUT2D eigenvalue weighted by atomic mass is 16.3. The molecule has 4 heteroatoms. The van der Waals surface area contributed by atoms with E-state index in [0.29, 0.717) is 0 Å². The zero-order valence-electron chi connectivity index (χ0n) is 5.82. The third-order valence-corrected chi connectivity index (χ3v) is 1.17. The zero-order valence-corrected chi connectivity index (χ0v) is 5.82. The minimum Gasteiger partial charge on any atom is -0.391 e. The van der Waals surface area contributed by atoms with Gasteiger partial charge in [-0.3, -0.25) is 4.79 Å². The highest BCUT2D eigenvalue weighted by molar-refractivity contribution is 5.79. The van der Waals surface area contributed by atoms with Gasteiger partial charge in [0.25, 0.3) is 0 Å².